The average Bonchev–Trinajstić information content (AvgIpc) is 3.01. The second kappa shape index (κ2) is 7.34. The molecule has 0 fully saturated rings. The number of halogens is 6. The van der Waals surface area contributed by atoms with E-state index in [2.05, 4.69) is 15.3 Å². The Morgan fingerprint density at radius 1 is 0.929 bits per heavy atom. The lowest BCUT2D eigenvalue weighted by atomic mass is 10.0. The van der Waals surface area contributed by atoms with E-state index in [9.17, 15) is 26.3 Å². The van der Waals surface area contributed by atoms with Gasteiger partial charge in [0.15, 0.2) is 0 Å². The number of alkyl halides is 6. The van der Waals surface area contributed by atoms with Crippen LogP contribution in [0.3, 0.4) is 0 Å². The standard InChI is InChI=1S/C18H15F6N3O/c1-28-13-2-3-14-15(7-13)27-16(26-14)9-25-8-10-4-11(17(19,20)21)6-12(5-10)18(22,23)24/h2-7,25H,8-9H2,1H3,(H,26,27). The Morgan fingerprint density at radius 2 is 1.57 bits per heavy atom. The Kier molecular flexibility index (Phi) is 5.24. The smallest absolute Gasteiger partial charge is 0.416 e. The number of rotatable bonds is 5. The summed E-state index contributed by atoms with van der Waals surface area (Å²) >= 11 is 0. The number of fused-ring (bicyclic) bond motifs is 1. The van der Waals surface area contributed by atoms with Gasteiger partial charge in [-0.2, -0.15) is 26.3 Å². The van der Waals surface area contributed by atoms with E-state index in [1.807, 2.05) is 0 Å². The molecule has 1 heterocycles. The third-order valence-electron chi connectivity index (χ3n) is 4.01. The molecule has 0 aliphatic rings. The third kappa shape index (κ3) is 4.56. The molecule has 0 radical (unpaired) electrons. The van der Waals surface area contributed by atoms with E-state index in [-0.39, 0.29) is 24.7 Å². The minimum Gasteiger partial charge on any atom is -0.497 e. The molecule has 0 bridgehead atoms. The molecule has 4 nitrogen and oxygen atoms in total. The van der Waals surface area contributed by atoms with Gasteiger partial charge in [-0.25, -0.2) is 4.98 Å². The van der Waals surface area contributed by atoms with Crippen molar-refractivity contribution in [2.45, 2.75) is 25.4 Å². The quantitative estimate of drug-likeness (QED) is 0.596. The van der Waals surface area contributed by atoms with E-state index in [1.54, 1.807) is 18.2 Å². The van der Waals surface area contributed by atoms with Crippen molar-refractivity contribution in [2.75, 3.05) is 7.11 Å². The van der Waals surface area contributed by atoms with Crippen molar-refractivity contribution in [1.29, 1.82) is 0 Å². The Balaban J connectivity index is 1.75. The zero-order valence-electron chi connectivity index (χ0n) is 14.5. The number of H-pyrrole nitrogens is 1. The van der Waals surface area contributed by atoms with Crippen molar-refractivity contribution in [3.63, 3.8) is 0 Å². The first kappa shape index (κ1) is 20.0. The highest BCUT2D eigenvalue weighted by atomic mass is 19.4. The molecule has 0 amide bonds. The monoisotopic (exact) mass is 403 g/mol. The summed E-state index contributed by atoms with van der Waals surface area (Å²) in [5.41, 5.74) is -1.43. The largest absolute Gasteiger partial charge is 0.497 e. The van der Waals surface area contributed by atoms with Crippen molar-refractivity contribution in [1.82, 2.24) is 15.3 Å². The fourth-order valence-electron chi connectivity index (χ4n) is 2.70. The molecule has 2 aromatic carbocycles. The molecule has 2 N–H and O–H groups in total. The summed E-state index contributed by atoms with van der Waals surface area (Å²) in [5, 5.41) is 2.81. The molecule has 0 spiro atoms. The van der Waals surface area contributed by atoms with Gasteiger partial charge >= 0.3 is 12.4 Å². The fraction of sp³-hybridized carbons (Fsp3) is 0.278. The highest BCUT2D eigenvalue weighted by molar-refractivity contribution is 5.76. The fourth-order valence-corrected chi connectivity index (χ4v) is 2.70. The van der Waals surface area contributed by atoms with Crippen LogP contribution in [0.25, 0.3) is 11.0 Å². The molecule has 150 valence electrons. The SMILES string of the molecule is COc1ccc2nc(CNCc3cc(C(F)(F)F)cc(C(F)(F)F)c3)[nH]c2c1. The second-order valence-electron chi connectivity index (χ2n) is 6.08. The van der Waals surface area contributed by atoms with Gasteiger partial charge < -0.3 is 15.0 Å². The summed E-state index contributed by atoms with van der Waals surface area (Å²) in [6.45, 7) is -0.0536. The van der Waals surface area contributed by atoms with Crippen LogP contribution < -0.4 is 10.1 Å². The molecule has 0 unspecified atom stereocenters. The van der Waals surface area contributed by atoms with Crippen LogP contribution in [-0.2, 0) is 25.4 Å². The van der Waals surface area contributed by atoms with E-state index in [4.69, 9.17) is 4.74 Å². The molecule has 28 heavy (non-hydrogen) atoms. The zero-order chi connectivity index (χ0) is 20.5. The minimum atomic E-state index is -4.87. The lowest BCUT2D eigenvalue weighted by molar-refractivity contribution is -0.143. The number of aromatic amines is 1. The molecule has 0 saturated carbocycles. The van der Waals surface area contributed by atoms with Crippen molar-refractivity contribution in [2.24, 2.45) is 0 Å². The van der Waals surface area contributed by atoms with Gasteiger partial charge in [-0.05, 0) is 35.9 Å². The van der Waals surface area contributed by atoms with Crippen LogP contribution in [0.4, 0.5) is 26.3 Å². The summed E-state index contributed by atoms with van der Waals surface area (Å²) in [6, 6.07) is 6.69. The number of ether oxygens (including phenoxy) is 1. The number of nitrogens with zero attached hydrogens (tertiary/aromatic N) is 1. The van der Waals surface area contributed by atoms with Crippen molar-refractivity contribution >= 4 is 11.0 Å². The maximum Gasteiger partial charge on any atom is 0.416 e. The van der Waals surface area contributed by atoms with Crippen LogP contribution in [-0.4, -0.2) is 17.1 Å². The van der Waals surface area contributed by atoms with Crippen LogP contribution >= 0.6 is 0 Å². The Bertz CT molecular complexity index is 945. The van der Waals surface area contributed by atoms with Gasteiger partial charge in [0, 0.05) is 12.6 Å². The number of hydrogen-bond acceptors (Lipinski definition) is 3. The molecular formula is C18H15F6N3O. The third-order valence-corrected chi connectivity index (χ3v) is 4.01. The number of methoxy groups -OCH3 is 1. The Hall–Kier alpha value is -2.75. The summed E-state index contributed by atoms with van der Waals surface area (Å²) in [7, 11) is 1.52. The van der Waals surface area contributed by atoms with Crippen molar-refractivity contribution in [3.05, 3.63) is 58.9 Å². The van der Waals surface area contributed by atoms with Gasteiger partial charge in [0.25, 0.3) is 0 Å². The average molecular weight is 403 g/mol. The van der Waals surface area contributed by atoms with Crippen LogP contribution in [0.1, 0.15) is 22.5 Å². The summed E-state index contributed by atoms with van der Waals surface area (Å²) in [6.07, 6.45) is -9.73. The minimum absolute atomic E-state index is 0.107. The molecule has 0 saturated heterocycles. The molecule has 3 rings (SSSR count). The van der Waals surface area contributed by atoms with Crippen molar-refractivity contribution < 1.29 is 31.1 Å². The number of nitrogens with one attached hydrogen (secondary N) is 2. The first-order chi connectivity index (χ1) is 13.1. The number of hydrogen-bond donors (Lipinski definition) is 2. The highest BCUT2D eigenvalue weighted by Crippen LogP contribution is 2.36. The predicted octanol–water partition coefficient (Wildman–Crippen LogP) is 4.90. The number of aromatic nitrogens is 2. The Labute approximate surface area is 155 Å². The molecular weight excluding hydrogens is 388 g/mol. The lowest BCUT2D eigenvalue weighted by Crippen LogP contribution is -2.17. The molecule has 0 atom stereocenters. The van der Waals surface area contributed by atoms with E-state index in [1.165, 1.54) is 7.11 Å². The molecule has 0 aliphatic carbocycles. The molecule has 0 aliphatic heterocycles. The van der Waals surface area contributed by atoms with E-state index in [0.29, 0.717) is 34.7 Å². The maximum atomic E-state index is 12.9. The second-order valence-corrected chi connectivity index (χ2v) is 6.08. The predicted molar refractivity (Wildman–Crippen MR) is 89.6 cm³/mol. The highest BCUT2D eigenvalue weighted by Gasteiger charge is 2.36. The lowest BCUT2D eigenvalue weighted by Gasteiger charge is -2.14. The normalized spacial score (nSPS) is 12.5. The van der Waals surface area contributed by atoms with Crippen LogP contribution in [0.5, 0.6) is 5.75 Å². The van der Waals surface area contributed by atoms with Crippen molar-refractivity contribution in [3.8, 4) is 5.75 Å². The zero-order valence-corrected chi connectivity index (χ0v) is 14.5. The molecule has 10 heteroatoms. The topological polar surface area (TPSA) is 49.9 Å². The molecule has 3 aromatic rings. The van der Waals surface area contributed by atoms with Crippen LogP contribution in [0, 0.1) is 0 Å². The van der Waals surface area contributed by atoms with Gasteiger partial charge in [0.1, 0.15) is 11.6 Å². The first-order valence-electron chi connectivity index (χ1n) is 8.08. The van der Waals surface area contributed by atoms with E-state index >= 15 is 0 Å². The number of benzene rings is 2. The summed E-state index contributed by atoms with van der Waals surface area (Å²) < 4.78 is 82.4. The van der Waals surface area contributed by atoms with Gasteiger partial charge in [-0.3, -0.25) is 0 Å². The van der Waals surface area contributed by atoms with Crippen LogP contribution in [0.2, 0.25) is 0 Å². The van der Waals surface area contributed by atoms with Gasteiger partial charge in [0.2, 0.25) is 0 Å². The summed E-state index contributed by atoms with van der Waals surface area (Å²) in [4.78, 5) is 7.31. The maximum absolute atomic E-state index is 12.9. The number of imidazole rings is 1. The van der Waals surface area contributed by atoms with Gasteiger partial charge in [-0.15, -0.1) is 0 Å². The van der Waals surface area contributed by atoms with E-state index < -0.39 is 23.5 Å². The molecule has 1 aromatic heterocycles. The van der Waals surface area contributed by atoms with Gasteiger partial charge in [0.05, 0.1) is 35.8 Å². The van der Waals surface area contributed by atoms with E-state index in [0.717, 1.165) is 0 Å². The summed E-state index contributed by atoms with van der Waals surface area (Å²) in [5.74, 6) is 1.12. The van der Waals surface area contributed by atoms with Crippen LogP contribution in [0.15, 0.2) is 36.4 Å². The first-order valence-corrected chi connectivity index (χ1v) is 8.08. The van der Waals surface area contributed by atoms with Gasteiger partial charge in [-0.1, -0.05) is 0 Å². The Morgan fingerprint density at radius 3 is 2.14 bits per heavy atom.